The van der Waals surface area contributed by atoms with Crippen LogP contribution < -0.4 is 0 Å². The van der Waals surface area contributed by atoms with Crippen molar-refractivity contribution in [3.05, 3.63) is 35.9 Å². The zero-order valence-corrected chi connectivity index (χ0v) is 13.1. The van der Waals surface area contributed by atoms with Gasteiger partial charge in [0.25, 0.3) is 11.8 Å². The number of barbiturate groups is 1. The minimum Gasteiger partial charge on any atom is -0.392 e. The van der Waals surface area contributed by atoms with Gasteiger partial charge in [0, 0.05) is 26.4 Å². The molecule has 118 valence electrons. The van der Waals surface area contributed by atoms with E-state index in [-0.39, 0.29) is 12.3 Å². The largest absolute Gasteiger partial charge is 0.392 e. The molecule has 0 aromatic heterocycles. The van der Waals surface area contributed by atoms with Crippen LogP contribution in [0.5, 0.6) is 0 Å². The normalized spacial score (nSPS) is 19.5. The molecule has 1 aliphatic rings. The van der Waals surface area contributed by atoms with Crippen LogP contribution in [0.15, 0.2) is 30.3 Å². The molecule has 2 rings (SSSR count). The van der Waals surface area contributed by atoms with Crippen LogP contribution in [0.2, 0.25) is 0 Å². The van der Waals surface area contributed by atoms with Crippen LogP contribution in [-0.4, -0.2) is 58.8 Å². The molecule has 4 amide bonds. The Morgan fingerprint density at radius 1 is 1.09 bits per heavy atom. The number of benzene rings is 1. The number of likely N-dealkylation sites (N-methyl/N-ethyl adjacent to an activating group) is 2. The van der Waals surface area contributed by atoms with E-state index >= 15 is 0 Å². The number of amides is 4. The lowest BCUT2D eigenvalue weighted by Gasteiger charge is -2.42. The average molecular weight is 325 g/mol. The number of carbonyl (C=O) groups excluding carboxylic acids is 3. The number of rotatable bonds is 4. The first-order chi connectivity index (χ1) is 10.4. The number of aliphatic hydroxyl groups is 1. The number of urea groups is 1. The molecule has 1 heterocycles. The van der Waals surface area contributed by atoms with Crippen molar-refractivity contribution in [2.75, 3.05) is 20.0 Å². The number of imide groups is 2. The van der Waals surface area contributed by atoms with Crippen LogP contribution >= 0.6 is 11.6 Å². The highest BCUT2D eigenvalue weighted by molar-refractivity contribution is 6.22. The molecule has 0 saturated carbocycles. The van der Waals surface area contributed by atoms with Gasteiger partial charge in [-0.15, -0.1) is 11.6 Å². The number of alkyl halides is 1. The molecule has 22 heavy (non-hydrogen) atoms. The van der Waals surface area contributed by atoms with Gasteiger partial charge in [0.15, 0.2) is 5.41 Å². The highest BCUT2D eigenvalue weighted by atomic mass is 35.5. The summed E-state index contributed by atoms with van der Waals surface area (Å²) in [4.78, 5) is 39.3. The van der Waals surface area contributed by atoms with Crippen molar-refractivity contribution in [3.8, 4) is 0 Å². The summed E-state index contributed by atoms with van der Waals surface area (Å²) in [6.45, 7) is 0. The second-order valence-electron chi connectivity index (χ2n) is 5.29. The molecule has 1 aliphatic heterocycles. The number of aliphatic hydroxyl groups excluding tert-OH is 1. The highest BCUT2D eigenvalue weighted by Crippen LogP contribution is 2.37. The molecule has 0 spiro atoms. The van der Waals surface area contributed by atoms with Crippen molar-refractivity contribution in [3.63, 3.8) is 0 Å². The van der Waals surface area contributed by atoms with E-state index in [0.29, 0.717) is 5.56 Å². The molecule has 0 bridgehead atoms. The molecule has 1 N–H and O–H groups in total. The minimum absolute atomic E-state index is 0.115. The first-order valence-corrected chi connectivity index (χ1v) is 7.29. The van der Waals surface area contributed by atoms with Gasteiger partial charge in [-0.2, -0.15) is 0 Å². The third-order valence-electron chi connectivity index (χ3n) is 3.90. The quantitative estimate of drug-likeness (QED) is 0.661. The van der Waals surface area contributed by atoms with Gasteiger partial charge in [-0.05, 0) is 5.56 Å². The third-order valence-corrected chi connectivity index (χ3v) is 4.26. The fraction of sp³-hybridized carbons (Fsp3) is 0.400. The monoisotopic (exact) mass is 324 g/mol. The Labute approximate surface area is 133 Å². The lowest BCUT2D eigenvalue weighted by molar-refractivity contribution is -0.152. The van der Waals surface area contributed by atoms with Crippen molar-refractivity contribution in [2.45, 2.75) is 17.9 Å². The van der Waals surface area contributed by atoms with Crippen molar-refractivity contribution in [1.82, 2.24) is 9.80 Å². The summed E-state index contributed by atoms with van der Waals surface area (Å²) < 4.78 is 0. The molecule has 1 aromatic rings. The molecular formula is C15H17ClN2O4. The molecular weight excluding hydrogens is 308 g/mol. The maximum Gasteiger partial charge on any atom is 0.332 e. The predicted octanol–water partition coefficient (Wildman–Crippen LogP) is 0.965. The standard InChI is InChI=1S/C15H17ClN2O4/c1-17-12(20)15(8-11(19)9-16,10-6-4-3-5-7-10)13(21)18(2)14(17)22/h3-7,11,19H,8-9H2,1-2H3. The number of hydrogen-bond donors (Lipinski definition) is 1. The summed E-state index contributed by atoms with van der Waals surface area (Å²) in [6, 6.07) is 7.72. The molecule has 1 saturated heterocycles. The van der Waals surface area contributed by atoms with Crippen LogP contribution in [0.4, 0.5) is 4.79 Å². The van der Waals surface area contributed by atoms with Crippen LogP contribution in [-0.2, 0) is 15.0 Å². The van der Waals surface area contributed by atoms with Crippen molar-refractivity contribution in [1.29, 1.82) is 0 Å². The van der Waals surface area contributed by atoms with Crippen molar-refractivity contribution >= 4 is 29.4 Å². The number of hydrogen-bond acceptors (Lipinski definition) is 4. The maximum atomic E-state index is 12.8. The molecule has 0 radical (unpaired) electrons. The lowest BCUT2D eigenvalue weighted by Crippen LogP contribution is -2.66. The Balaban J connectivity index is 2.64. The summed E-state index contributed by atoms with van der Waals surface area (Å²) in [5.74, 6) is -1.43. The summed E-state index contributed by atoms with van der Waals surface area (Å²) in [5.41, 5.74) is -1.21. The Hall–Kier alpha value is -1.92. The second-order valence-corrected chi connectivity index (χ2v) is 5.60. The smallest absolute Gasteiger partial charge is 0.332 e. The first-order valence-electron chi connectivity index (χ1n) is 6.76. The average Bonchev–Trinajstić information content (AvgIpc) is 2.55. The van der Waals surface area contributed by atoms with Gasteiger partial charge in [-0.1, -0.05) is 30.3 Å². The highest BCUT2D eigenvalue weighted by Gasteiger charge is 2.57. The molecule has 7 heteroatoms. The Morgan fingerprint density at radius 2 is 1.59 bits per heavy atom. The van der Waals surface area contributed by atoms with Gasteiger partial charge >= 0.3 is 6.03 Å². The van der Waals surface area contributed by atoms with Gasteiger partial charge in [0.05, 0.1) is 6.10 Å². The van der Waals surface area contributed by atoms with E-state index in [9.17, 15) is 19.5 Å². The van der Waals surface area contributed by atoms with E-state index < -0.39 is 29.4 Å². The molecule has 0 aliphatic carbocycles. The van der Waals surface area contributed by atoms with Crippen molar-refractivity contribution < 1.29 is 19.5 Å². The molecule has 1 fully saturated rings. The second kappa shape index (κ2) is 6.06. The number of nitrogens with zero attached hydrogens (tertiary/aromatic N) is 2. The predicted molar refractivity (Wildman–Crippen MR) is 80.4 cm³/mol. The fourth-order valence-electron chi connectivity index (χ4n) is 2.73. The Morgan fingerprint density at radius 3 is 2.05 bits per heavy atom. The zero-order valence-electron chi connectivity index (χ0n) is 12.3. The summed E-state index contributed by atoms with van der Waals surface area (Å²) in [5, 5.41) is 9.95. The van der Waals surface area contributed by atoms with Gasteiger partial charge in [-0.3, -0.25) is 19.4 Å². The lowest BCUT2D eigenvalue weighted by atomic mass is 9.72. The minimum atomic E-state index is -1.65. The van der Waals surface area contributed by atoms with E-state index in [0.717, 1.165) is 9.80 Å². The molecule has 1 unspecified atom stereocenters. The van der Waals surface area contributed by atoms with E-state index in [1.165, 1.54) is 14.1 Å². The summed E-state index contributed by atoms with van der Waals surface area (Å²) >= 11 is 5.65. The van der Waals surface area contributed by atoms with E-state index in [1.807, 2.05) is 0 Å². The van der Waals surface area contributed by atoms with Gasteiger partial charge < -0.3 is 5.11 Å². The maximum absolute atomic E-state index is 12.8. The van der Waals surface area contributed by atoms with Crippen LogP contribution in [0.3, 0.4) is 0 Å². The van der Waals surface area contributed by atoms with Crippen molar-refractivity contribution in [2.24, 2.45) is 0 Å². The van der Waals surface area contributed by atoms with E-state index in [2.05, 4.69) is 0 Å². The van der Waals surface area contributed by atoms with E-state index in [4.69, 9.17) is 11.6 Å². The SMILES string of the molecule is CN1C(=O)N(C)C(=O)C(CC(O)CCl)(c2ccccc2)C1=O. The Kier molecular flexibility index (Phi) is 4.53. The zero-order chi connectivity index (χ0) is 16.5. The number of carbonyl (C=O) groups is 3. The third kappa shape index (κ3) is 2.38. The van der Waals surface area contributed by atoms with E-state index in [1.54, 1.807) is 30.3 Å². The molecule has 1 aromatic carbocycles. The van der Waals surface area contributed by atoms with Crippen LogP contribution in [0.1, 0.15) is 12.0 Å². The fourth-order valence-corrected chi connectivity index (χ4v) is 2.84. The van der Waals surface area contributed by atoms with Gasteiger partial charge in [-0.25, -0.2) is 4.79 Å². The van der Waals surface area contributed by atoms with Gasteiger partial charge in [0.2, 0.25) is 0 Å². The first kappa shape index (κ1) is 16.5. The van der Waals surface area contributed by atoms with Crippen LogP contribution in [0, 0.1) is 0 Å². The molecule has 1 atom stereocenters. The Bertz CT molecular complexity index is 581. The number of halogens is 1. The van der Waals surface area contributed by atoms with Crippen LogP contribution in [0.25, 0.3) is 0 Å². The summed E-state index contributed by atoms with van der Waals surface area (Å²) in [6.07, 6.45) is -1.23. The topological polar surface area (TPSA) is 77.9 Å². The molecule has 6 nitrogen and oxygen atoms in total. The van der Waals surface area contributed by atoms with Gasteiger partial charge in [0.1, 0.15) is 0 Å². The summed E-state index contributed by atoms with van der Waals surface area (Å²) in [7, 11) is 2.64.